The molecule has 1 unspecified atom stereocenters. The quantitative estimate of drug-likeness (QED) is 0.581. The third-order valence-corrected chi connectivity index (χ3v) is 2.12. The number of unbranched alkanes of at least 4 members (excludes halogenated alkanes) is 1. The van der Waals surface area contributed by atoms with Gasteiger partial charge in [-0.15, -0.1) is 0 Å². The van der Waals surface area contributed by atoms with Crippen molar-refractivity contribution in [3.05, 3.63) is 0 Å². The summed E-state index contributed by atoms with van der Waals surface area (Å²) in [5, 5.41) is 11.2. The number of amides is 1. The number of carbonyl (C=O) groups is 2. The molecule has 94 valence electrons. The molecular weight excluding hydrogens is 210 g/mol. The van der Waals surface area contributed by atoms with Crippen molar-refractivity contribution in [1.29, 1.82) is 0 Å². The topological polar surface area (TPSA) is 75.6 Å². The van der Waals surface area contributed by atoms with Gasteiger partial charge in [-0.05, 0) is 18.8 Å². The lowest BCUT2D eigenvalue weighted by Crippen LogP contribution is -2.27. The lowest BCUT2D eigenvalue weighted by Gasteiger charge is -2.10. The molecule has 1 atom stereocenters. The maximum Gasteiger partial charge on any atom is 0.303 e. The molecule has 1 amide bonds. The predicted octanol–water partition coefficient (Wildman–Crippen LogP) is 1.03. The Balaban J connectivity index is 3.40. The average molecular weight is 231 g/mol. The second kappa shape index (κ2) is 9.15. The maximum atomic E-state index is 11.3. The highest BCUT2D eigenvalue weighted by atomic mass is 16.5. The highest BCUT2D eigenvalue weighted by Gasteiger charge is 2.07. The van der Waals surface area contributed by atoms with E-state index in [1.165, 1.54) is 0 Å². The number of methoxy groups -OCH3 is 1. The second-order valence-electron chi connectivity index (χ2n) is 3.97. The van der Waals surface area contributed by atoms with Crippen LogP contribution in [0, 0.1) is 5.92 Å². The Morgan fingerprint density at radius 3 is 2.62 bits per heavy atom. The predicted molar refractivity (Wildman–Crippen MR) is 60.2 cm³/mol. The molecule has 0 aliphatic rings. The van der Waals surface area contributed by atoms with Crippen LogP contribution >= 0.6 is 0 Å². The summed E-state index contributed by atoms with van der Waals surface area (Å²) in [5.41, 5.74) is 0. The first-order valence-corrected chi connectivity index (χ1v) is 5.53. The van der Waals surface area contributed by atoms with E-state index >= 15 is 0 Å². The van der Waals surface area contributed by atoms with E-state index in [4.69, 9.17) is 9.84 Å². The van der Waals surface area contributed by atoms with Crippen LogP contribution in [0.1, 0.15) is 32.6 Å². The Hall–Kier alpha value is -1.10. The zero-order valence-electron chi connectivity index (χ0n) is 9.99. The van der Waals surface area contributed by atoms with Crippen molar-refractivity contribution in [3.63, 3.8) is 0 Å². The fraction of sp³-hybridized carbons (Fsp3) is 0.818. The summed E-state index contributed by atoms with van der Waals surface area (Å²) in [6, 6.07) is 0. The molecule has 0 aliphatic heterocycles. The van der Waals surface area contributed by atoms with E-state index in [0.717, 1.165) is 0 Å². The number of ether oxygens (including phenoxy) is 1. The van der Waals surface area contributed by atoms with Crippen molar-refractivity contribution in [2.45, 2.75) is 32.6 Å². The Labute approximate surface area is 96.2 Å². The van der Waals surface area contributed by atoms with Crippen LogP contribution in [0.5, 0.6) is 0 Å². The summed E-state index contributed by atoms with van der Waals surface area (Å²) in [5.74, 6) is -0.580. The van der Waals surface area contributed by atoms with Gasteiger partial charge in [0.25, 0.3) is 0 Å². The summed E-state index contributed by atoms with van der Waals surface area (Å²) in [6.07, 6.45) is 1.92. The van der Waals surface area contributed by atoms with Gasteiger partial charge in [-0.25, -0.2) is 0 Å². The molecule has 0 aromatic carbocycles. The fourth-order valence-corrected chi connectivity index (χ4v) is 1.36. The molecular formula is C11H21NO4. The number of rotatable bonds is 9. The number of hydrogen-bond acceptors (Lipinski definition) is 3. The number of carboxylic acid groups (broad SMARTS) is 1. The molecule has 0 saturated carbocycles. The smallest absolute Gasteiger partial charge is 0.303 e. The molecule has 0 spiro atoms. The van der Waals surface area contributed by atoms with Gasteiger partial charge in [-0.2, -0.15) is 0 Å². The number of carbonyl (C=O) groups excluding carboxylic acids is 1. The Kier molecular flexibility index (Phi) is 8.52. The number of hydrogen-bond donors (Lipinski definition) is 2. The van der Waals surface area contributed by atoms with E-state index < -0.39 is 5.97 Å². The average Bonchev–Trinajstić information content (AvgIpc) is 2.16. The highest BCUT2D eigenvalue weighted by molar-refractivity contribution is 5.76. The molecule has 0 aromatic heterocycles. The summed E-state index contributed by atoms with van der Waals surface area (Å²) < 4.78 is 4.93. The van der Waals surface area contributed by atoms with Crippen molar-refractivity contribution in [3.8, 4) is 0 Å². The van der Waals surface area contributed by atoms with Crippen molar-refractivity contribution in [2.75, 3.05) is 20.3 Å². The van der Waals surface area contributed by atoms with Gasteiger partial charge in [-0.1, -0.05) is 6.92 Å². The van der Waals surface area contributed by atoms with Crippen LogP contribution in [-0.4, -0.2) is 37.2 Å². The lowest BCUT2D eigenvalue weighted by molar-refractivity contribution is -0.137. The summed E-state index contributed by atoms with van der Waals surface area (Å²) in [6.45, 7) is 3.08. The van der Waals surface area contributed by atoms with Crippen LogP contribution < -0.4 is 5.32 Å². The fourth-order valence-electron chi connectivity index (χ4n) is 1.36. The van der Waals surface area contributed by atoms with Crippen molar-refractivity contribution >= 4 is 11.9 Å². The van der Waals surface area contributed by atoms with E-state index in [9.17, 15) is 9.59 Å². The van der Waals surface area contributed by atoms with Crippen LogP contribution in [0.15, 0.2) is 0 Å². The minimum Gasteiger partial charge on any atom is -0.481 e. The van der Waals surface area contributed by atoms with Gasteiger partial charge in [0.2, 0.25) is 5.91 Å². The number of aliphatic carboxylic acids is 1. The third kappa shape index (κ3) is 9.45. The van der Waals surface area contributed by atoms with E-state index in [-0.39, 0.29) is 18.2 Å². The van der Waals surface area contributed by atoms with E-state index in [2.05, 4.69) is 5.32 Å². The second-order valence-corrected chi connectivity index (χ2v) is 3.97. The molecule has 5 nitrogen and oxygen atoms in total. The van der Waals surface area contributed by atoms with Crippen molar-refractivity contribution in [1.82, 2.24) is 5.32 Å². The first-order chi connectivity index (χ1) is 7.56. The van der Waals surface area contributed by atoms with Gasteiger partial charge in [0, 0.05) is 33.1 Å². The first kappa shape index (κ1) is 14.9. The Morgan fingerprint density at radius 1 is 1.38 bits per heavy atom. The third-order valence-electron chi connectivity index (χ3n) is 2.12. The number of carboxylic acids is 1. The first-order valence-electron chi connectivity index (χ1n) is 5.53. The van der Waals surface area contributed by atoms with Crippen LogP contribution in [0.25, 0.3) is 0 Å². The number of nitrogens with one attached hydrogen (secondary N) is 1. The molecule has 0 aromatic rings. The normalized spacial score (nSPS) is 12.1. The zero-order chi connectivity index (χ0) is 12.4. The SMILES string of the molecule is COCC(C)CC(=O)NCCCCC(=O)O. The monoisotopic (exact) mass is 231 g/mol. The molecule has 0 radical (unpaired) electrons. The van der Waals surface area contributed by atoms with E-state index in [1.807, 2.05) is 6.92 Å². The minimum absolute atomic E-state index is 0.000116. The van der Waals surface area contributed by atoms with Gasteiger partial charge >= 0.3 is 5.97 Å². The van der Waals surface area contributed by atoms with Gasteiger partial charge in [0.1, 0.15) is 0 Å². The summed E-state index contributed by atoms with van der Waals surface area (Å²) in [4.78, 5) is 21.6. The molecule has 0 fully saturated rings. The zero-order valence-corrected chi connectivity index (χ0v) is 9.99. The van der Waals surface area contributed by atoms with E-state index in [0.29, 0.717) is 32.4 Å². The molecule has 0 saturated heterocycles. The van der Waals surface area contributed by atoms with Gasteiger partial charge in [0.05, 0.1) is 0 Å². The standard InChI is InChI=1S/C11H21NO4/c1-9(8-16-2)7-10(13)12-6-4-3-5-11(14)15/h9H,3-8H2,1-2H3,(H,12,13)(H,14,15). The van der Waals surface area contributed by atoms with Crippen LogP contribution in [0.3, 0.4) is 0 Å². The van der Waals surface area contributed by atoms with E-state index in [1.54, 1.807) is 7.11 Å². The molecule has 16 heavy (non-hydrogen) atoms. The van der Waals surface area contributed by atoms with Gasteiger partial charge < -0.3 is 15.2 Å². The maximum absolute atomic E-state index is 11.3. The summed E-state index contributed by atoms with van der Waals surface area (Å²) >= 11 is 0. The Bertz CT molecular complexity index is 218. The molecule has 5 heteroatoms. The van der Waals surface area contributed by atoms with Crippen LogP contribution in [0.2, 0.25) is 0 Å². The molecule has 0 heterocycles. The van der Waals surface area contributed by atoms with Crippen molar-refractivity contribution in [2.24, 2.45) is 5.92 Å². The molecule has 2 N–H and O–H groups in total. The van der Waals surface area contributed by atoms with Gasteiger partial charge in [0.15, 0.2) is 0 Å². The molecule has 0 aliphatic carbocycles. The summed E-state index contributed by atoms with van der Waals surface area (Å²) in [7, 11) is 1.61. The lowest BCUT2D eigenvalue weighted by atomic mass is 10.1. The Morgan fingerprint density at radius 2 is 2.06 bits per heavy atom. The molecule has 0 bridgehead atoms. The molecule has 0 rings (SSSR count). The van der Waals surface area contributed by atoms with Crippen LogP contribution in [-0.2, 0) is 14.3 Å². The van der Waals surface area contributed by atoms with Crippen molar-refractivity contribution < 1.29 is 19.4 Å². The van der Waals surface area contributed by atoms with Crippen LogP contribution in [0.4, 0.5) is 0 Å². The van der Waals surface area contributed by atoms with Gasteiger partial charge in [-0.3, -0.25) is 9.59 Å². The minimum atomic E-state index is -0.792. The highest BCUT2D eigenvalue weighted by Crippen LogP contribution is 2.01. The largest absolute Gasteiger partial charge is 0.481 e.